The molecule has 98 valence electrons. The minimum Gasteiger partial charge on any atom is -0.355 e. The van der Waals surface area contributed by atoms with E-state index in [4.69, 9.17) is 5.73 Å². The van der Waals surface area contributed by atoms with Crippen molar-refractivity contribution < 1.29 is 4.79 Å². The van der Waals surface area contributed by atoms with Crippen molar-refractivity contribution in [3.8, 4) is 0 Å². The van der Waals surface area contributed by atoms with Crippen LogP contribution in [0, 0.1) is 5.92 Å². The summed E-state index contributed by atoms with van der Waals surface area (Å²) >= 11 is 0. The minimum atomic E-state index is 0.128. The minimum absolute atomic E-state index is 0.128. The Labute approximate surface area is 109 Å². The van der Waals surface area contributed by atoms with E-state index in [1.807, 2.05) is 18.2 Å². The monoisotopic (exact) mass is 246 g/mol. The molecule has 1 aliphatic carbocycles. The first-order valence-electron chi connectivity index (χ1n) is 6.75. The lowest BCUT2D eigenvalue weighted by atomic mass is 10.0. The summed E-state index contributed by atoms with van der Waals surface area (Å²) in [6.45, 7) is 2.84. The third kappa shape index (κ3) is 3.33. The molecule has 2 rings (SSSR count). The molecule has 1 amide bonds. The average Bonchev–Trinajstić information content (AvgIpc) is 2.83. The van der Waals surface area contributed by atoms with Gasteiger partial charge in [-0.2, -0.15) is 0 Å². The molecule has 3 nitrogen and oxygen atoms in total. The molecule has 1 aromatic rings. The number of carbonyl (C=O) groups excluding carboxylic acids is 1. The molecule has 0 spiro atoms. The fourth-order valence-electron chi connectivity index (χ4n) is 2.55. The molecular formula is C15H22N2O. The summed E-state index contributed by atoms with van der Waals surface area (Å²) in [4.78, 5) is 12.0. The molecule has 0 radical (unpaired) electrons. The lowest BCUT2D eigenvalue weighted by Crippen LogP contribution is -2.33. The second-order valence-corrected chi connectivity index (χ2v) is 5.33. The third-order valence-electron chi connectivity index (χ3n) is 3.80. The Morgan fingerprint density at radius 1 is 1.39 bits per heavy atom. The molecular weight excluding hydrogens is 224 g/mol. The van der Waals surface area contributed by atoms with E-state index in [0.29, 0.717) is 12.5 Å². The number of rotatable bonds is 4. The van der Waals surface area contributed by atoms with Crippen LogP contribution in [0.3, 0.4) is 0 Å². The van der Waals surface area contributed by atoms with Crippen molar-refractivity contribution in [1.29, 1.82) is 0 Å². The molecule has 0 saturated heterocycles. The van der Waals surface area contributed by atoms with Crippen molar-refractivity contribution in [3.05, 3.63) is 35.9 Å². The van der Waals surface area contributed by atoms with Crippen LogP contribution in [0.1, 0.15) is 37.7 Å². The van der Waals surface area contributed by atoms with Gasteiger partial charge in [0.2, 0.25) is 5.91 Å². The molecule has 1 aromatic carbocycles. The first-order valence-corrected chi connectivity index (χ1v) is 6.75. The van der Waals surface area contributed by atoms with Gasteiger partial charge in [0.1, 0.15) is 0 Å². The maximum absolute atomic E-state index is 12.0. The average molecular weight is 246 g/mol. The van der Waals surface area contributed by atoms with Gasteiger partial charge < -0.3 is 11.1 Å². The summed E-state index contributed by atoms with van der Waals surface area (Å²) in [6.07, 6.45) is 2.75. The smallest absolute Gasteiger partial charge is 0.223 e. The van der Waals surface area contributed by atoms with Gasteiger partial charge in [-0.15, -0.1) is 0 Å². The fourth-order valence-corrected chi connectivity index (χ4v) is 2.55. The third-order valence-corrected chi connectivity index (χ3v) is 3.80. The first kappa shape index (κ1) is 13.1. The Balaban J connectivity index is 1.79. The van der Waals surface area contributed by atoms with Crippen LogP contribution in [0.15, 0.2) is 30.3 Å². The van der Waals surface area contributed by atoms with Crippen LogP contribution in [0.2, 0.25) is 0 Å². The first-order chi connectivity index (χ1) is 8.66. The number of hydrogen-bond acceptors (Lipinski definition) is 2. The Hall–Kier alpha value is -1.35. The predicted molar refractivity (Wildman–Crippen MR) is 73.2 cm³/mol. The van der Waals surface area contributed by atoms with Crippen LogP contribution < -0.4 is 11.1 Å². The van der Waals surface area contributed by atoms with E-state index < -0.39 is 0 Å². The second-order valence-electron chi connectivity index (χ2n) is 5.33. The summed E-state index contributed by atoms with van der Waals surface area (Å²) < 4.78 is 0. The van der Waals surface area contributed by atoms with Crippen molar-refractivity contribution >= 4 is 5.91 Å². The highest BCUT2D eigenvalue weighted by Gasteiger charge is 2.27. The van der Waals surface area contributed by atoms with E-state index in [9.17, 15) is 4.79 Å². The molecule has 3 unspecified atom stereocenters. The maximum Gasteiger partial charge on any atom is 0.223 e. The summed E-state index contributed by atoms with van der Waals surface area (Å²) in [5, 5.41) is 3.05. The molecule has 1 aliphatic rings. The molecule has 1 fully saturated rings. The highest BCUT2D eigenvalue weighted by molar-refractivity contribution is 5.79. The number of carbonyl (C=O) groups is 1. The van der Waals surface area contributed by atoms with Gasteiger partial charge in [0.15, 0.2) is 0 Å². The van der Waals surface area contributed by atoms with Gasteiger partial charge >= 0.3 is 0 Å². The Kier molecular flexibility index (Phi) is 4.37. The maximum atomic E-state index is 12.0. The lowest BCUT2D eigenvalue weighted by Gasteiger charge is -2.15. The Morgan fingerprint density at radius 3 is 2.72 bits per heavy atom. The zero-order chi connectivity index (χ0) is 13.0. The van der Waals surface area contributed by atoms with Crippen molar-refractivity contribution in [3.63, 3.8) is 0 Å². The normalized spacial score (nSPS) is 24.8. The van der Waals surface area contributed by atoms with Crippen LogP contribution in [0.5, 0.6) is 0 Å². The van der Waals surface area contributed by atoms with Crippen molar-refractivity contribution in [2.75, 3.05) is 6.54 Å². The molecule has 18 heavy (non-hydrogen) atoms. The molecule has 1 saturated carbocycles. The number of benzene rings is 1. The quantitative estimate of drug-likeness (QED) is 0.854. The topological polar surface area (TPSA) is 55.1 Å². The van der Waals surface area contributed by atoms with Gasteiger partial charge in [-0.1, -0.05) is 37.3 Å². The van der Waals surface area contributed by atoms with E-state index in [1.165, 1.54) is 5.56 Å². The molecule has 3 N–H and O–H groups in total. The van der Waals surface area contributed by atoms with Gasteiger partial charge in [0.25, 0.3) is 0 Å². The largest absolute Gasteiger partial charge is 0.355 e. The predicted octanol–water partition coefficient (Wildman–Crippen LogP) is 2.03. The molecule has 0 aliphatic heterocycles. The Morgan fingerprint density at radius 2 is 2.11 bits per heavy atom. The van der Waals surface area contributed by atoms with E-state index >= 15 is 0 Å². The van der Waals surface area contributed by atoms with E-state index in [2.05, 4.69) is 24.4 Å². The fraction of sp³-hybridized carbons (Fsp3) is 0.533. The summed E-state index contributed by atoms with van der Waals surface area (Å²) in [7, 11) is 0. The second kappa shape index (κ2) is 6.01. The van der Waals surface area contributed by atoms with Crippen molar-refractivity contribution in [2.24, 2.45) is 11.7 Å². The van der Waals surface area contributed by atoms with Crippen molar-refractivity contribution in [1.82, 2.24) is 5.32 Å². The van der Waals surface area contributed by atoms with E-state index in [0.717, 1.165) is 19.3 Å². The summed E-state index contributed by atoms with van der Waals surface area (Å²) in [5.41, 5.74) is 7.09. The highest BCUT2D eigenvalue weighted by Crippen LogP contribution is 2.24. The molecule has 3 atom stereocenters. The standard InChI is InChI=1S/C15H22N2O/c1-11(12-5-3-2-4-6-12)10-17-15(18)13-7-8-14(16)9-13/h2-6,11,13-14H,7-10,16H2,1H3,(H,17,18). The van der Waals surface area contributed by atoms with Crippen LogP contribution in [-0.2, 0) is 4.79 Å². The highest BCUT2D eigenvalue weighted by atomic mass is 16.1. The lowest BCUT2D eigenvalue weighted by molar-refractivity contribution is -0.124. The molecule has 0 bridgehead atoms. The summed E-state index contributed by atoms with van der Waals surface area (Å²) in [5.74, 6) is 0.652. The Bertz CT molecular complexity index is 391. The van der Waals surface area contributed by atoms with Gasteiger partial charge in [-0.25, -0.2) is 0 Å². The number of nitrogens with one attached hydrogen (secondary N) is 1. The van der Waals surface area contributed by atoms with Gasteiger partial charge in [-0.3, -0.25) is 4.79 Å². The zero-order valence-electron chi connectivity index (χ0n) is 10.9. The zero-order valence-corrected chi connectivity index (χ0v) is 10.9. The van der Waals surface area contributed by atoms with Crippen LogP contribution in [-0.4, -0.2) is 18.5 Å². The van der Waals surface area contributed by atoms with Crippen molar-refractivity contribution in [2.45, 2.75) is 38.1 Å². The molecule has 0 aromatic heterocycles. The van der Waals surface area contributed by atoms with Crippen LogP contribution in [0.4, 0.5) is 0 Å². The summed E-state index contributed by atoms with van der Waals surface area (Å²) in [6, 6.07) is 10.5. The van der Waals surface area contributed by atoms with E-state index in [1.54, 1.807) is 0 Å². The number of nitrogens with two attached hydrogens (primary N) is 1. The van der Waals surface area contributed by atoms with Gasteiger partial charge in [-0.05, 0) is 30.7 Å². The molecule has 0 heterocycles. The van der Waals surface area contributed by atoms with Gasteiger partial charge in [0, 0.05) is 18.5 Å². The van der Waals surface area contributed by atoms with E-state index in [-0.39, 0.29) is 17.9 Å². The van der Waals surface area contributed by atoms with Crippen LogP contribution in [0.25, 0.3) is 0 Å². The van der Waals surface area contributed by atoms with Gasteiger partial charge in [0.05, 0.1) is 0 Å². The molecule has 3 heteroatoms. The van der Waals surface area contributed by atoms with Crippen LogP contribution >= 0.6 is 0 Å². The number of amides is 1. The SMILES string of the molecule is CC(CNC(=O)C1CCC(N)C1)c1ccccc1. The number of hydrogen-bond donors (Lipinski definition) is 2.